The van der Waals surface area contributed by atoms with E-state index in [0.717, 1.165) is 6.42 Å². The van der Waals surface area contributed by atoms with Crippen LogP contribution in [0.5, 0.6) is 0 Å². The number of aromatic nitrogens is 2. The first-order chi connectivity index (χ1) is 11.2. The quantitative estimate of drug-likeness (QED) is 0.733. The third kappa shape index (κ3) is 2.60. The highest BCUT2D eigenvalue weighted by molar-refractivity contribution is 5.50. The molecule has 0 spiro atoms. The van der Waals surface area contributed by atoms with E-state index in [4.69, 9.17) is 9.84 Å². The molecule has 0 bridgehead atoms. The fourth-order valence-corrected chi connectivity index (χ4v) is 3.35. The fourth-order valence-electron chi connectivity index (χ4n) is 3.35. The molecule has 2 fully saturated rings. The van der Waals surface area contributed by atoms with E-state index in [0.29, 0.717) is 11.7 Å². The Hall–Kier alpha value is -1.96. The highest BCUT2D eigenvalue weighted by Gasteiger charge is 2.43. The Balaban J connectivity index is 1.47. The minimum Gasteiger partial charge on any atom is -0.394 e. The second-order valence-corrected chi connectivity index (χ2v) is 6.18. The van der Waals surface area contributed by atoms with E-state index in [2.05, 4.69) is 28.5 Å². The molecule has 2 heterocycles. The smallest absolute Gasteiger partial charge is 0.351 e. The number of hydrogen-bond acceptors (Lipinski definition) is 6. The van der Waals surface area contributed by atoms with Gasteiger partial charge in [-0.2, -0.15) is 4.98 Å². The number of allylic oxidation sites excluding steroid dienone is 3. The van der Waals surface area contributed by atoms with Gasteiger partial charge in [0.25, 0.3) is 0 Å². The van der Waals surface area contributed by atoms with Gasteiger partial charge in [0.1, 0.15) is 18.1 Å². The summed E-state index contributed by atoms with van der Waals surface area (Å²) in [5.74, 6) is 1.06. The molecular weight excluding hydrogens is 298 g/mol. The highest BCUT2D eigenvalue weighted by Crippen LogP contribution is 2.45. The van der Waals surface area contributed by atoms with Gasteiger partial charge in [0.15, 0.2) is 0 Å². The molecular formula is C16H19N3O4. The van der Waals surface area contributed by atoms with Crippen molar-refractivity contribution in [1.82, 2.24) is 9.55 Å². The SMILES string of the molecule is O=c1nc(NC2C3=CC=CCC32)ccn1[C@H]1CC(O)[C@@H](CO)O1. The minimum absolute atomic E-state index is 0.260. The van der Waals surface area contributed by atoms with Gasteiger partial charge in [0, 0.05) is 18.5 Å². The van der Waals surface area contributed by atoms with Crippen molar-refractivity contribution in [3.63, 3.8) is 0 Å². The minimum atomic E-state index is -0.774. The molecule has 4 rings (SSSR count). The summed E-state index contributed by atoms with van der Waals surface area (Å²) in [6, 6.07) is 2.00. The van der Waals surface area contributed by atoms with E-state index < -0.39 is 24.1 Å². The maximum atomic E-state index is 12.2. The number of nitrogens with one attached hydrogen (secondary N) is 1. The van der Waals surface area contributed by atoms with Crippen LogP contribution in [0.2, 0.25) is 0 Å². The first-order valence-corrected chi connectivity index (χ1v) is 7.84. The maximum Gasteiger partial charge on any atom is 0.351 e. The number of rotatable bonds is 4. The van der Waals surface area contributed by atoms with Gasteiger partial charge < -0.3 is 20.3 Å². The Bertz CT molecular complexity index is 726. The topological polar surface area (TPSA) is 96.6 Å². The van der Waals surface area contributed by atoms with Gasteiger partial charge in [-0.3, -0.25) is 4.57 Å². The zero-order chi connectivity index (χ0) is 16.0. The van der Waals surface area contributed by atoms with Crippen molar-refractivity contribution in [2.24, 2.45) is 5.92 Å². The van der Waals surface area contributed by atoms with Gasteiger partial charge in [-0.15, -0.1) is 0 Å². The second kappa shape index (κ2) is 5.59. The maximum absolute atomic E-state index is 12.2. The Labute approximate surface area is 132 Å². The Morgan fingerprint density at radius 2 is 2.35 bits per heavy atom. The molecule has 5 atom stereocenters. The largest absolute Gasteiger partial charge is 0.394 e. The second-order valence-electron chi connectivity index (χ2n) is 6.18. The van der Waals surface area contributed by atoms with E-state index in [-0.39, 0.29) is 19.1 Å². The molecule has 3 aliphatic rings. The molecule has 1 saturated carbocycles. The van der Waals surface area contributed by atoms with Crippen molar-refractivity contribution in [2.45, 2.75) is 37.3 Å². The predicted octanol–water partition coefficient (Wildman–Crippen LogP) is 0.181. The lowest BCUT2D eigenvalue weighted by Gasteiger charge is -2.14. The molecule has 3 N–H and O–H groups in total. The number of nitrogens with zero attached hydrogens (tertiary/aromatic N) is 2. The molecule has 1 saturated heterocycles. The van der Waals surface area contributed by atoms with Crippen molar-refractivity contribution >= 4 is 5.82 Å². The van der Waals surface area contributed by atoms with Crippen LogP contribution in [-0.4, -0.2) is 44.6 Å². The van der Waals surface area contributed by atoms with Gasteiger partial charge in [-0.05, 0) is 18.1 Å². The van der Waals surface area contributed by atoms with Crippen LogP contribution in [-0.2, 0) is 4.74 Å². The van der Waals surface area contributed by atoms with E-state index in [1.807, 2.05) is 0 Å². The normalized spacial score (nSPS) is 34.9. The van der Waals surface area contributed by atoms with Crippen molar-refractivity contribution < 1.29 is 14.9 Å². The molecule has 0 radical (unpaired) electrons. The average Bonchev–Trinajstić information content (AvgIpc) is 3.10. The zero-order valence-electron chi connectivity index (χ0n) is 12.5. The van der Waals surface area contributed by atoms with Crippen molar-refractivity contribution in [3.8, 4) is 0 Å². The van der Waals surface area contributed by atoms with E-state index >= 15 is 0 Å². The number of fused-ring (bicyclic) bond motifs is 1. The van der Waals surface area contributed by atoms with Gasteiger partial charge in [-0.1, -0.05) is 18.2 Å². The first kappa shape index (κ1) is 14.6. The van der Waals surface area contributed by atoms with Crippen molar-refractivity contribution in [1.29, 1.82) is 0 Å². The molecule has 1 aromatic heterocycles. The third-order valence-electron chi connectivity index (χ3n) is 4.72. The summed E-state index contributed by atoms with van der Waals surface area (Å²) in [6.45, 7) is -0.272. The lowest BCUT2D eigenvalue weighted by Crippen LogP contribution is -2.28. The number of aliphatic hydroxyl groups is 2. The van der Waals surface area contributed by atoms with Crippen LogP contribution in [0, 0.1) is 5.92 Å². The standard InChI is InChI=1S/C16H19N3O4/c20-8-12-11(21)7-14(23-12)19-6-5-13(18-16(19)22)17-15-9-3-1-2-4-10(9)15/h1-3,5-6,10-12,14-15,20-21H,4,7-8H2,(H,17,18,22)/t10?,11?,12-,14-,15?/m1/s1. The molecule has 1 aromatic rings. The van der Waals surface area contributed by atoms with Gasteiger partial charge >= 0.3 is 5.69 Å². The van der Waals surface area contributed by atoms with Crippen LogP contribution in [0.4, 0.5) is 5.82 Å². The van der Waals surface area contributed by atoms with E-state index in [9.17, 15) is 9.90 Å². The number of aliphatic hydroxyl groups excluding tert-OH is 2. The zero-order valence-corrected chi connectivity index (χ0v) is 12.5. The fraction of sp³-hybridized carbons (Fsp3) is 0.500. The summed E-state index contributed by atoms with van der Waals surface area (Å²) in [4.78, 5) is 16.3. The summed E-state index contributed by atoms with van der Waals surface area (Å²) >= 11 is 0. The average molecular weight is 317 g/mol. The third-order valence-corrected chi connectivity index (χ3v) is 4.72. The summed E-state index contributed by atoms with van der Waals surface area (Å²) in [5.41, 5.74) is 0.924. The van der Waals surface area contributed by atoms with Crippen LogP contribution >= 0.6 is 0 Å². The molecule has 0 aromatic carbocycles. The van der Waals surface area contributed by atoms with Gasteiger partial charge in [-0.25, -0.2) is 4.79 Å². The highest BCUT2D eigenvalue weighted by atomic mass is 16.5. The van der Waals surface area contributed by atoms with Crippen LogP contribution in [0.25, 0.3) is 0 Å². The van der Waals surface area contributed by atoms with Crippen LogP contribution in [0.3, 0.4) is 0 Å². The Morgan fingerprint density at radius 1 is 1.48 bits per heavy atom. The molecule has 3 unspecified atom stereocenters. The van der Waals surface area contributed by atoms with Gasteiger partial charge in [0.2, 0.25) is 0 Å². The number of ether oxygens (including phenoxy) is 1. The lowest BCUT2D eigenvalue weighted by atomic mass is 10.2. The molecule has 7 nitrogen and oxygen atoms in total. The molecule has 0 amide bonds. The summed E-state index contributed by atoms with van der Waals surface area (Å²) in [5, 5.41) is 22.2. The molecule has 1 aliphatic heterocycles. The summed E-state index contributed by atoms with van der Waals surface area (Å²) in [7, 11) is 0. The van der Waals surface area contributed by atoms with E-state index in [1.165, 1.54) is 10.1 Å². The lowest BCUT2D eigenvalue weighted by molar-refractivity contribution is -0.0458. The Kier molecular flexibility index (Phi) is 3.56. The van der Waals surface area contributed by atoms with Crippen LogP contribution in [0.15, 0.2) is 40.9 Å². The Morgan fingerprint density at radius 3 is 3.00 bits per heavy atom. The molecule has 23 heavy (non-hydrogen) atoms. The van der Waals surface area contributed by atoms with Crippen molar-refractivity contribution in [2.75, 3.05) is 11.9 Å². The molecule has 122 valence electrons. The van der Waals surface area contributed by atoms with Crippen LogP contribution < -0.4 is 11.0 Å². The summed E-state index contributed by atoms with van der Waals surface area (Å²) in [6.07, 6.45) is 7.19. The van der Waals surface area contributed by atoms with Crippen molar-refractivity contribution in [3.05, 3.63) is 46.5 Å². The van der Waals surface area contributed by atoms with Crippen LogP contribution in [0.1, 0.15) is 19.1 Å². The first-order valence-electron chi connectivity index (χ1n) is 7.84. The van der Waals surface area contributed by atoms with Gasteiger partial charge in [0.05, 0.1) is 18.8 Å². The van der Waals surface area contributed by atoms with E-state index in [1.54, 1.807) is 12.3 Å². The number of anilines is 1. The number of hydrogen-bond donors (Lipinski definition) is 3. The molecule has 7 heteroatoms. The monoisotopic (exact) mass is 317 g/mol. The summed E-state index contributed by atoms with van der Waals surface area (Å²) < 4.78 is 6.84. The molecule has 2 aliphatic carbocycles. The predicted molar refractivity (Wildman–Crippen MR) is 82.9 cm³/mol.